The fraction of sp³-hybridized carbons (Fsp3) is 0.463. The van der Waals surface area contributed by atoms with Gasteiger partial charge in [-0.3, -0.25) is 9.69 Å². The van der Waals surface area contributed by atoms with Gasteiger partial charge in [0.2, 0.25) is 3.79 Å². The molecule has 1 N–H and O–H groups in total. The van der Waals surface area contributed by atoms with Crippen LogP contribution in [0, 0.1) is 20.8 Å². The molecule has 55 heavy (non-hydrogen) atoms. The van der Waals surface area contributed by atoms with Crippen molar-refractivity contribution in [2.45, 2.75) is 101 Å². The number of ether oxygens (including phenoxy) is 2. The Morgan fingerprint density at radius 1 is 0.927 bits per heavy atom. The van der Waals surface area contributed by atoms with Crippen molar-refractivity contribution >= 4 is 64.8 Å². The van der Waals surface area contributed by atoms with E-state index >= 15 is 0 Å². The van der Waals surface area contributed by atoms with Crippen LogP contribution in [0.5, 0.6) is 5.75 Å². The summed E-state index contributed by atoms with van der Waals surface area (Å²) in [5.41, 5.74) is 4.52. The van der Waals surface area contributed by atoms with Gasteiger partial charge in [0.15, 0.2) is 5.60 Å². The van der Waals surface area contributed by atoms with E-state index in [4.69, 9.17) is 44.3 Å². The van der Waals surface area contributed by atoms with Crippen molar-refractivity contribution in [3.63, 3.8) is 0 Å². The predicted molar refractivity (Wildman–Crippen MR) is 213 cm³/mol. The van der Waals surface area contributed by atoms with Gasteiger partial charge in [0.05, 0.1) is 24.3 Å². The fourth-order valence-corrected chi connectivity index (χ4v) is 7.30. The molecule has 3 aromatic rings. The Hall–Kier alpha value is -3.15. The van der Waals surface area contributed by atoms with Crippen LogP contribution in [0.1, 0.15) is 72.1 Å². The van der Waals surface area contributed by atoms with Crippen molar-refractivity contribution in [2.24, 2.45) is 0 Å². The van der Waals surface area contributed by atoms with Crippen molar-refractivity contribution in [1.29, 1.82) is 0 Å². The van der Waals surface area contributed by atoms with Crippen LogP contribution in [0.2, 0.25) is 0 Å². The number of piperazine rings is 1. The SMILES string of the molecule is Cc1ccc(C)c(OCCc2ccc(C3=C(C(=O)N(Cc4cccc(C(F)(F)F)c4)C4CC4)[C@H]4CNCC(C3)N4C(=O)OC(C)(C)C(Cl)(Cl)Cl)cc2)c1C.Cl. The van der Waals surface area contributed by atoms with Gasteiger partial charge in [0.25, 0.3) is 5.91 Å². The number of halogens is 7. The zero-order valence-electron chi connectivity index (χ0n) is 31.4. The number of hydrogen-bond donors (Lipinski definition) is 1. The van der Waals surface area contributed by atoms with E-state index in [2.05, 4.69) is 31.3 Å². The van der Waals surface area contributed by atoms with E-state index in [1.54, 1.807) is 15.9 Å². The largest absolute Gasteiger partial charge is 0.493 e. The highest BCUT2D eigenvalue weighted by molar-refractivity contribution is 6.68. The highest BCUT2D eigenvalue weighted by Crippen LogP contribution is 2.44. The number of fused-ring (bicyclic) bond motifs is 2. The van der Waals surface area contributed by atoms with Gasteiger partial charge in [-0.25, -0.2) is 4.79 Å². The fourth-order valence-electron chi connectivity index (χ4n) is 7.19. The van der Waals surface area contributed by atoms with Crippen LogP contribution in [-0.4, -0.2) is 69.0 Å². The number of rotatable bonds is 10. The van der Waals surface area contributed by atoms with E-state index in [1.807, 2.05) is 31.2 Å². The third-order valence-corrected chi connectivity index (χ3v) is 12.0. The molecule has 3 aliphatic rings. The number of aryl methyl sites for hydroxylation is 2. The number of benzene rings is 3. The quantitative estimate of drug-likeness (QED) is 0.206. The number of carbonyl (C=O) groups excluding carboxylic acids is 2. The van der Waals surface area contributed by atoms with Gasteiger partial charge in [-0.2, -0.15) is 13.2 Å². The van der Waals surface area contributed by atoms with Crippen molar-refractivity contribution in [1.82, 2.24) is 15.1 Å². The lowest BCUT2D eigenvalue weighted by Gasteiger charge is -2.48. The summed E-state index contributed by atoms with van der Waals surface area (Å²) in [5.74, 6) is 0.560. The van der Waals surface area contributed by atoms with Gasteiger partial charge in [-0.1, -0.05) is 83.3 Å². The minimum Gasteiger partial charge on any atom is -0.493 e. The second kappa shape index (κ2) is 16.8. The zero-order chi connectivity index (χ0) is 39.2. The van der Waals surface area contributed by atoms with Crippen molar-refractivity contribution in [3.8, 4) is 5.75 Å². The summed E-state index contributed by atoms with van der Waals surface area (Å²) in [6, 6.07) is 15.9. The smallest absolute Gasteiger partial charge is 0.416 e. The molecule has 1 saturated heterocycles. The first-order chi connectivity index (χ1) is 25.4. The highest BCUT2D eigenvalue weighted by atomic mass is 35.6. The van der Waals surface area contributed by atoms with E-state index < -0.39 is 33.3 Å². The number of alkyl halides is 6. The van der Waals surface area contributed by atoms with Gasteiger partial charge in [-0.05, 0) is 105 Å². The molecule has 7 nitrogen and oxygen atoms in total. The molecule has 0 aromatic heterocycles. The number of hydrogen-bond acceptors (Lipinski definition) is 5. The maximum absolute atomic E-state index is 14.9. The van der Waals surface area contributed by atoms with Crippen molar-refractivity contribution in [3.05, 3.63) is 105 Å². The third-order valence-electron chi connectivity index (χ3n) is 10.7. The second-order valence-corrected chi connectivity index (χ2v) is 17.3. The Labute approximate surface area is 341 Å². The van der Waals surface area contributed by atoms with E-state index in [-0.39, 0.29) is 43.5 Å². The van der Waals surface area contributed by atoms with Crippen LogP contribution in [0.4, 0.5) is 18.0 Å². The highest BCUT2D eigenvalue weighted by Gasteiger charge is 2.50. The van der Waals surface area contributed by atoms with Crippen LogP contribution >= 0.6 is 47.2 Å². The van der Waals surface area contributed by atoms with Crippen molar-refractivity contribution in [2.75, 3.05) is 19.7 Å². The second-order valence-electron chi connectivity index (χ2n) is 15.0. The first-order valence-corrected chi connectivity index (χ1v) is 19.3. The summed E-state index contributed by atoms with van der Waals surface area (Å²) < 4.78 is 51.1. The molecule has 2 atom stereocenters. The topological polar surface area (TPSA) is 71.1 Å². The van der Waals surface area contributed by atoms with Gasteiger partial charge in [0, 0.05) is 37.7 Å². The molecular weight excluding hydrogens is 797 g/mol. The summed E-state index contributed by atoms with van der Waals surface area (Å²) in [7, 11) is 0. The summed E-state index contributed by atoms with van der Waals surface area (Å²) in [4.78, 5) is 32.1. The molecule has 6 rings (SSSR count). The normalized spacial score (nSPS) is 18.8. The minimum atomic E-state index is -4.52. The molecule has 14 heteroatoms. The Morgan fingerprint density at radius 2 is 1.60 bits per heavy atom. The molecule has 3 aromatic carbocycles. The third kappa shape index (κ3) is 9.53. The molecular formula is C41H46Cl4F3N3O4. The molecule has 298 valence electrons. The number of nitrogens with zero attached hydrogens (tertiary/aromatic N) is 2. The number of carbonyl (C=O) groups is 2. The molecule has 2 bridgehead atoms. The lowest BCUT2D eigenvalue weighted by Crippen LogP contribution is -2.64. The van der Waals surface area contributed by atoms with Gasteiger partial charge >= 0.3 is 12.3 Å². The van der Waals surface area contributed by atoms with E-state index in [0.717, 1.165) is 58.6 Å². The average Bonchev–Trinajstić information content (AvgIpc) is 3.95. The predicted octanol–water partition coefficient (Wildman–Crippen LogP) is 9.95. The van der Waals surface area contributed by atoms with E-state index in [9.17, 15) is 22.8 Å². The van der Waals surface area contributed by atoms with E-state index in [1.165, 1.54) is 25.5 Å². The van der Waals surface area contributed by atoms with Crippen LogP contribution in [0.3, 0.4) is 0 Å². The number of amides is 2. The Balaban J connectivity index is 0.00000580. The van der Waals surface area contributed by atoms with Crippen molar-refractivity contribution < 1.29 is 32.2 Å². The molecule has 2 fully saturated rings. The molecule has 2 aliphatic heterocycles. The summed E-state index contributed by atoms with van der Waals surface area (Å²) in [6.45, 7) is 10.3. The molecule has 1 unspecified atom stereocenters. The lowest BCUT2D eigenvalue weighted by molar-refractivity contribution is -0.137. The Morgan fingerprint density at radius 3 is 2.24 bits per heavy atom. The summed E-state index contributed by atoms with van der Waals surface area (Å²) in [5, 5.41) is 3.36. The lowest BCUT2D eigenvalue weighted by atomic mass is 9.81. The van der Waals surface area contributed by atoms with Crippen LogP contribution < -0.4 is 10.1 Å². The number of nitrogens with one attached hydrogen (secondary N) is 1. The molecule has 0 radical (unpaired) electrons. The molecule has 1 aliphatic carbocycles. The monoisotopic (exact) mass is 841 g/mol. The molecule has 1 saturated carbocycles. The average molecular weight is 844 g/mol. The Bertz CT molecular complexity index is 1930. The maximum atomic E-state index is 14.9. The van der Waals surface area contributed by atoms with Crippen LogP contribution in [0.25, 0.3) is 5.57 Å². The molecule has 0 spiro atoms. The summed E-state index contributed by atoms with van der Waals surface area (Å²) >= 11 is 18.5. The van der Waals surface area contributed by atoms with Gasteiger partial charge < -0.3 is 19.7 Å². The van der Waals surface area contributed by atoms with E-state index in [0.29, 0.717) is 37.1 Å². The zero-order valence-corrected chi connectivity index (χ0v) is 34.5. The Kier molecular flexibility index (Phi) is 13.1. The van der Waals surface area contributed by atoms with Gasteiger partial charge in [-0.15, -0.1) is 12.4 Å². The van der Waals surface area contributed by atoms with Gasteiger partial charge in [0.1, 0.15) is 5.75 Å². The first kappa shape index (κ1) is 43.0. The standard InChI is InChI=1S/C41H45Cl3F3N3O4.ClH/c1-24-9-10-25(2)36(26(24)3)53-18-17-27-11-13-29(14-12-27)33-20-32-21-48-22-34(50(32)38(52)54-39(4,5)41(42,43)44)35(33)37(51)49(31-15-16-31)23-28-7-6-8-30(19-28)40(45,46)47;/h6-14,19,31-32,34,48H,15-18,20-23H2,1-5H3;1H/t32?,34-;/m1./s1. The first-order valence-electron chi connectivity index (χ1n) is 18.1. The molecule has 2 amide bonds. The van der Waals surface area contributed by atoms with Crippen LogP contribution in [0.15, 0.2) is 66.2 Å². The maximum Gasteiger partial charge on any atom is 0.416 e. The minimum absolute atomic E-state index is 0. The van der Waals surface area contributed by atoms with Crippen LogP contribution in [-0.2, 0) is 28.7 Å². The summed E-state index contributed by atoms with van der Waals surface area (Å²) in [6.07, 6.45) is -2.81. The molecule has 2 heterocycles.